The van der Waals surface area contributed by atoms with Gasteiger partial charge in [-0.15, -0.1) is 0 Å². The SMILES string of the molecule is COC(=O)c1ccc(NC(=O)/C(C#N)=C\c2cc(Br)c(OCC(=O)Nc3ccc(C)c(Cl)c3)c(Br)c2)cc1. The predicted octanol–water partition coefficient (Wildman–Crippen LogP) is 6.52. The Morgan fingerprint density at radius 3 is 2.21 bits per heavy atom. The predicted molar refractivity (Wildman–Crippen MR) is 152 cm³/mol. The molecule has 0 bridgehead atoms. The second kappa shape index (κ2) is 13.2. The number of nitriles is 1. The van der Waals surface area contributed by atoms with Crippen LogP contribution in [0.1, 0.15) is 21.5 Å². The van der Waals surface area contributed by atoms with E-state index in [1.807, 2.05) is 13.0 Å². The number of carbonyl (C=O) groups excluding carboxylic acids is 3. The number of anilines is 2. The molecule has 3 rings (SSSR count). The zero-order valence-corrected chi connectivity index (χ0v) is 24.0. The number of aryl methyl sites for hydroxylation is 1. The second-order valence-electron chi connectivity index (χ2n) is 7.81. The lowest BCUT2D eigenvalue weighted by Gasteiger charge is -2.12. The van der Waals surface area contributed by atoms with E-state index >= 15 is 0 Å². The van der Waals surface area contributed by atoms with Crippen LogP contribution in [0.5, 0.6) is 5.75 Å². The first-order valence-electron chi connectivity index (χ1n) is 10.9. The molecule has 0 unspecified atom stereocenters. The highest BCUT2D eigenvalue weighted by atomic mass is 79.9. The van der Waals surface area contributed by atoms with E-state index in [0.29, 0.717) is 42.2 Å². The van der Waals surface area contributed by atoms with E-state index in [-0.39, 0.29) is 18.1 Å². The number of benzene rings is 3. The van der Waals surface area contributed by atoms with Crippen molar-refractivity contribution in [2.75, 3.05) is 24.4 Å². The largest absolute Gasteiger partial charge is 0.481 e. The van der Waals surface area contributed by atoms with Gasteiger partial charge < -0.3 is 20.1 Å². The molecule has 0 spiro atoms. The minimum absolute atomic E-state index is 0.148. The van der Waals surface area contributed by atoms with Gasteiger partial charge in [0.15, 0.2) is 6.61 Å². The summed E-state index contributed by atoms with van der Waals surface area (Å²) in [5.41, 5.74) is 2.56. The Kier molecular flexibility index (Phi) is 10.1. The minimum Gasteiger partial charge on any atom is -0.481 e. The molecule has 2 N–H and O–H groups in total. The van der Waals surface area contributed by atoms with E-state index in [0.717, 1.165) is 5.56 Å². The van der Waals surface area contributed by atoms with Crippen molar-refractivity contribution in [1.82, 2.24) is 0 Å². The van der Waals surface area contributed by atoms with Gasteiger partial charge in [0.25, 0.3) is 11.8 Å². The standard InChI is InChI=1S/C27H20Br2ClN3O5/c1-15-3-6-20(12-23(15)30)32-24(34)14-38-25-21(28)10-16(11-22(25)29)9-18(13-31)26(35)33-19-7-4-17(5-8-19)27(36)37-2/h3-12H,14H2,1-2H3,(H,32,34)(H,33,35)/b18-9-. The molecule has 0 aliphatic carbocycles. The van der Waals surface area contributed by atoms with Gasteiger partial charge in [0.1, 0.15) is 17.4 Å². The van der Waals surface area contributed by atoms with Crippen molar-refractivity contribution >= 4 is 78.7 Å². The van der Waals surface area contributed by atoms with E-state index in [2.05, 4.69) is 47.2 Å². The highest BCUT2D eigenvalue weighted by Gasteiger charge is 2.15. The molecule has 0 aromatic heterocycles. The van der Waals surface area contributed by atoms with Gasteiger partial charge in [-0.05, 0) is 105 Å². The number of nitrogens with zero attached hydrogens (tertiary/aromatic N) is 1. The molecule has 3 aromatic carbocycles. The smallest absolute Gasteiger partial charge is 0.337 e. The van der Waals surface area contributed by atoms with Crippen molar-refractivity contribution in [2.24, 2.45) is 0 Å². The fourth-order valence-corrected chi connectivity index (χ4v) is 4.76. The average molecular weight is 662 g/mol. The second-order valence-corrected chi connectivity index (χ2v) is 9.92. The van der Waals surface area contributed by atoms with E-state index < -0.39 is 11.9 Å². The van der Waals surface area contributed by atoms with Gasteiger partial charge in [-0.25, -0.2) is 4.79 Å². The van der Waals surface area contributed by atoms with Crippen LogP contribution in [0.15, 0.2) is 69.1 Å². The Hall–Kier alpha value is -3.65. The number of carbonyl (C=O) groups is 3. The fourth-order valence-electron chi connectivity index (χ4n) is 3.13. The maximum absolute atomic E-state index is 12.6. The number of nitrogens with one attached hydrogen (secondary N) is 2. The monoisotopic (exact) mass is 659 g/mol. The van der Waals surface area contributed by atoms with Crippen LogP contribution in [0.25, 0.3) is 6.08 Å². The van der Waals surface area contributed by atoms with Crippen LogP contribution >= 0.6 is 43.5 Å². The Morgan fingerprint density at radius 1 is 1.00 bits per heavy atom. The maximum atomic E-state index is 12.6. The van der Waals surface area contributed by atoms with Crippen molar-refractivity contribution in [3.05, 3.63) is 90.8 Å². The van der Waals surface area contributed by atoms with Gasteiger partial charge in [0.05, 0.1) is 21.6 Å². The van der Waals surface area contributed by atoms with E-state index in [9.17, 15) is 19.6 Å². The van der Waals surface area contributed by atoms with Crippen LogP contribution in [0.4, 0.5) is 11.4 Å². The summed E-state index contributed by atoms with van der Waals surface area (Å²) in [6.45, 7) is 1.60. The molecule has 0 aliphatic heterocycles. The molecule has 0 atom stereocenters. The number of rotatable bonds is 8. The van der Waals surface area contributed by atoms with Crippen molar-refractivity contribution < 1.29 is 23.9 Å². The van der Waals surface area contributed by atoms with Gasteiger partial charge in [0.2, 0.25) is 0 Å². The third-order valence-electron chi connectivity index (χ3n) is 5.06. The molecule has 194 valence electrons. The highest BCUT2D eigenvalue weighted by Crippen LogP contribution is 2.35. The molecule has 0 saturated heterocycles. The Labute approximate surface area is 240 Å². The summed E-state index contributed by atoms with van der Waals surface area (Å²) in [5.74, 6) is -1.14. The lowest BCUT2D eigenvalue weighted by Crippen LogP contribution is -2.20. The summed E-state index contributed by atoms with van der Waals surface area (Å²) >= 11 is 12.9. The van der Waals surface area contributed by atoms with E-state index in [4.69, 9.17) is 16.3 Å². The number of methoxy groups -OCH3 is 1. The van der Waals surface area contributed by atoms with Crippen molar-refractivity contribution in [1.29, 1.82) is 5.26 Å². The van der Waals surface area contributed by atoms with Gasteiger partial charge in [-0.1, -0.05) is 17.7 Å². The topological polar surface area (TPSA) is 118 Å². The summed E-state index contributed by atoms with van der Waals surface area (Å²) in [7, 11) is 1.28. The Morgan fingerprint density at radius 2 is 1.63 bits per heavy atom. The zero-order valence-electron chi connectivity index (χ0n) is 20.1. The summed E-state index contributed by atoms with van der Waals surface area (Å²) in [4.78, 5) is 36.5. The molecule has 0 heterocycles. The summed E-state index contributed by atoms with van der Waals surface area (Å²) in [6, 6.07) is 16.4. The van der Waals surface area contributed by atoms with Crippen LogP contribution in [-0.4, -0.2) is 31.5 Å². The van der Waals surface area contributed by atoms with E-state index in [1.54, 1.807) is 30.3 Å². The Balaban J connectivity index is 1.67. The van der Waals surface area contributed by atoms with Crippen molar-refractivity contribution in [3.63, 3.8) is 0 Å². The molecular formula is C27H20Br2ClN3O5. The first-order chi connectivity index (χ1) is 18.1. The average Bonchev–Trinajstić information content (AvgIpc) is 2.88. The Bertz CT molecular complexity index is 1440. The third-order valence-corrected chi connectivity index (χ3v) is 6.65. The molecular weight excluding hydrogens is 642 g/mol. The molecule has 38 heavy (non-hydrogen) atoms. The van der Waals surface area contributed by atoms with Crippen LogP contribution in [0.2, 0.25) is 5.02 Å². The minimum atomic E-state index is -0.626. The van der Waals surface area contributed by atoms with Crippen LogP contribution in [-0.2, 0) is 14.3 Å². The van der Waals surface area contributed by atoms with Crippen molar-refractivity contribution in [2.45, 2.75) is 6.92 Å². The molecule has 8 nitrogen and oxygen atoms in total. The summed E-state index contributed by atoms with van der Waals surface area (Å²) < 4.78 is 11.3. The molecule has 3 aromatic rings. The third kappa shape index (κ3) is 7.68. The number of amides is 2. The molecule has 0 fully saturated rings. The quantitative estimate of drug-likeness (QED) is 0.161. The molecule has 11 heteroatoms. The highest BCUT2D eigenvalue weighted by molar-refractivity contribution is 9.11. The van der Waals surface area contributed by atoms with Gasteiger partial charge >= 0.3 is 5.97 Å². The normalized spacial score (nSPS) is 10.8. The van der Waals surface area contributed by atoms with Crippen LogP contribution in [0, 0.1) is 18.3 Å². The van der Waals surface area contributed by atoms with Gasteiger partial charge in [-0.2, -0.15) is 5.26 Å². The van der Waals surface area contributed by atoms with Gasteiger partial charge in [-0.3, -0.25) is 9.59 Å². The summed E-state index contributed by atoms with van der Waals surface area (Å²) in [6.07, 6.45) is 1.41. The van der Waals surface area contributed by atoms with Crippen LogP contribution in [0.3, 0.4) is 0 Å². The number of esters is 1. The fraction of sp³-hybridized carbons (Fsp3) is 0.111. The number of hydrogen-bond acceptors (Lipinski definition) is 6. The molecule has 2 amide bonds. The molecule has 0 radical (unpaired) electrons. The zero-order chi connectivity index (χ0) is 27.8. The first-order valence-corrected chi connectivity index (χ1v) is 12.9. The van der Waals surface area contributed by atoms with Gasteiger partial charge in [0, 0.05) is 16.4 Å². The number of hydrogen-bond donors (Lipinski definition) is 2. The summed E-state index contributed by atoms with van der Waals surface area (Å²) in [5, 5.41) is 15.4. The number of halogens is 3. The lowest BCUT2D eigenvalue weighted by molar-refractivity contribution is -0.118. The van der Waals surface area contributed by atoms with Crippen LogP contribution < -0.4 is 15.4 Å². The van der Waals surface area contributed by atoms with E-state index in [1.165, 1.54) is 37.5 Å². The molecule has 0 aliphatic rings. The molecule has 0 saturated carbocycles. The number of ether oxygens (including phenoxy) is 2. The lowest BCUT2D eigenvalue weighted by atomic mass is 10.1. The van der Waals surface area contributed by atoms with Crippen molar-refractivity contribution in [3.8, 4) is 11.8 Å². The maximum Gasteiger partial charge on any atom is 0.337 e. The first kappa shape index (κ1) is 28.9.